The molecule has 0 amide bonds. The lowest BCUT2D eigenvalue weighted by Crippen LogP contribution is -2.64. The van der Waals surface area contributed by atoms with Crippen LogP contribution in [0.1, 0.15) is 6.42 Å². The van der Waals surface area contributed by atoms with Gasteiger partial charge in [0.2, 0.25) is 0 Å². The molecule has 94 valence electrons. The molecule has 8 nitrogen and oxygen atoms in total. The lowest BCUT2D eigenvalue weighted by atomic mass is 9.91. The van der Waals surface area contributed by atoms with Gasteiger partial charge in [0.05, 0.1) is 18.8 Å². The van der Waals surface area contributed by atoms with Gasteiger partial charge in [-0.25, -0.2) is 4.79 Å². The monoisotopic (exact) mass is 237 g/mol. The normalized spacial score (nSPS) is 41.7. The van der Waals surface area contributed by atoms with Gasteiger partial charge in [-0.05, 0) is 0 Å². The third-order valence-electron chi connectivity index (χ3n) is 2.54. The Morgan fingerprint density at radius 2 is 2.19 bits per heavy atom. The predicted molar refractivity (Wildman–Crippen MR) is 49.2 cm³/mol. The Kier molecular flexibility index (Phi) is 3.84. The zero-order chi connectivity index (χ0) is 12.5. The minimum Gasteiger partial charge on any atom is -0.477 e. The summed E-state index contributed by atoms with van der Waals surface area (Å²) in [6.45, 7) is -0.721. The SMILES string of the molecule is N[C@@H]1C(O)CC(O)(C(=O)O)O[C@@H]1C(O)CO. The fourth-order valence-electron chi connectivity index (χ4n) is 1.57. The van der Waals surface area contributed by atoms with Gasteiger partial charge in [-0.1, -0.05) is 0 Å². The van der Waals surface area contributed by atoms with Crippen molar-refractivity contribution in [2.24, 2.45) is 5.73 Å². The molecular formula is C8H15NO7. The molecule has 16 heavy (non-hydrogen) atoms. The lowest BCUT2D eigenvalue weighted by molar-refractivity contribution is -0.288. The number of carboxylic acid groups (broad SMARTS) is 1. The average Bonchev–Trinajstić information content (AvgIpc) is 2.22. The van der Waals surface area contributed by atoms with E-state index in [1.807, 2.05) is 0 Å². The van der Waals surface area contributed by atoms with Gasteiger partial charge in [0.15, 0.2) is 0 Å². The third-order valence-corrected chi connectivity index (χ3v) is 2.54. The fraction of sp³-hybridized carbons (Fsp3) is 0.875. The summed E-state index contributed by atoms with van der Waals surface area (Å²) in [5.41, 5.74) is 5.47. The molecule has 0 aliphatic carbocycles. The van der Waals surface area contributed by atoms with E-state index in [0.29, 0.717) is 0 Å². The van der Waals surface area contributed by atoms with E-state index in [1.165, 1.54) is 0 Å². The molecule has 0 saturated carbocycles. The van der Waals surface area contributed by atoms with Crippen molar-refractivity contribution in [1.82, 2.24) is 0 Å². The summed E-state index contributed by atoms with van der Waals surface area (Å²) in [4.78, 5) is 10.7. The smallest absolute Gasteiger partial charge is 0.364 e. The van der Waals surface area contributed by atoms with E-state index < -0.39 is 49.1 Å². The Morgan fingerprint density at radius 3 is 2.62 bits per heavy atom. The first kappa shape index (κ1) is 13.3. The van der Waals surface area contributed by atoms with Crippen molar-refractivity contribution in [3.05, 3.63) is 0 Å². The number of hydrogen-bond acceptors (Lipinski definition) is 7. The average molecular weight is 237 g/mol. The van der Waals surface area contributed by atoms with Gasteiger partial charge < -0.3 is 36.0 Å². The van der Waals surface area contributed by atoms with E-state index in [4.69, 9.17) is 20.7 Å². The van der Waals surface area contributed by atoms with Crippen molar-refractivity contribution < 1.29 is 35.1 Å². The van der Waals surface area contributed by atoms with Crippen LogP contribution in [0.3, 0.4) is 0 Å². The second-order valence-electron chi connectivity index (χ2n) is 3.77. The largest absolute Gasteiger partial charge is 0.477 e. The van der Waals surface area contributed by atoms with E-state index in [-0.39, 0.29) is 0 Å². The van der Waals surface area contributed by atoms with E-state index in [1.54, 1.807) is 0 Å². The fourth-order valence-corrected chi connectivity index (χ4v) is 1.57. The van der Waals surface area contributed by atoms with Crippen molar-refractivity contribution in [3.8, 4) is 0 Å². The second kappa shape index (κ2) is 4.62. The number of rotatable bonds is 3. The first-order chi connectivity index (χ1) is 7.31. The summed E-state index contributed by atoms with van der Waals surface area (Å²) in [5, 5.41) is 45.7. The minimum atomic E-state index is -2.60. The number of carbonyl (C=O) groups is 1. The highest BCUT2D eigenvalue weighted by Crippen LogP contribution is 2.28. The molecule has 3 unspecified atom stereocenters. The maximum atomic E-state index is 10.7. The van der Waals surface area contributed by atoms with Crippen LogP contribution in [-0.2, 0) is 9.53 Å². The third kappa shape index (κ3) is 2.32. The first-order valence-electron chi connectivity index (χ1n) is 4.68. The zero-order valence-corrected chi connectivity index (χ0v) is 8.35. The molecule has 0 bridgehead atoms. The van der Waals surface area contributed by atoms with Gasteiger partial charge in [0.25, 0.3) is 5.79 Å². The Balaban J connectivity index is 2.89. The standard InChI is InChI=1S/C8H15NO7/c9-5-3(11)1-8(15,7(13)14)16-6(5)4(12)2-10/h3-6,10-12,15H,1-2,9H2,(H,13,14)/t3?,4?,5-,6-,8?/m1/s1. The van der Waals surface area contributed by atoms with Crippen LogP contribution in [0.2, 0.25) is 0 Å². The van der Waals surface area contributed by atoms with Crippen molar-refractivity contribution in [2.45, 2.75) is 36.6 Å². The molecule has 8 heteroatoms. The summed E-state index contributed by atoms with van der Waals surface area (Å²) < 4.78 is 4.73. The summed E-state index contributed by atoms with van der Waals surface area (Å²) in [7, 11) is 0. The molecule has 1 saturated heterocycles. The minimum absolute atomic E-state index is 0.599. The van der Waals surface area contributed by atoms with E-state index >= 15 is 0 Å². The number of ether oxygens (including phenoxy) is 1. The number of carboxylic acids is 1. The molecule has 0 radical (unpaired) electrons. The maximum absolute atomic E-state index is 10.7. The molecule has 0 aromatic carbocycles. The zero-order valence-electron chi connectivity index (χ0n) is 8.35. The van der Waals surface area contributed by atoms with Crippen molar-refractivity contribution in [2.75, 3.05) is 6.61 Å². The summed E-state index contributed by atoms with van der Waals surface area (Å²) in [6.07, 6.45) is -4.77. The number of aliphatic hydroxyl groups excluding tert-OH is 3. The van der Waals surface area contributed by atoms with E-state index in [0.717, 1.165) is 0 Å². The molecule has 1 fully saturated rings. The summed E-state index contributed by atoms with van der Waals surface area (Å²) in [6, 6.07) is -1.08. The molecule has 1 rings (SSSR count). The Morgan fingerprint density at radius 1 is 1.62 bits per heavy atom. The van der Waals surface area contributed by atoms with Crippen LogP contribution < -0.4 is 5.73 Å². The maximum Gasteiger partial charge on any atom is 0.364 e. The predicted octanol–water partition coefficient (Wildman–Crippen LogP) is -3.41. The van der Waals surface area contributed by atoms with Crippen LogP contribution in [0.25, 0.3) is 0 Å². The van der Waals surface area contributed by atoms with Crippen LogP contribution in [0, 0.1) is 0 Å². The van der Waals surface area contributed by atoms with Crippen LogP contribution >= 0.6 is 0 Å². The molecule has 5 atom stereocenters. The highest BCUT2D eigenvalue weighted by Gasteiger charge is 2.51. The van der Waals surface area contributed by atoms with Crippen LogP contribution in [-0.4, -0.2) is 68.2 Å². The van der Waals surface area contributed by atoms with Crippen molar-refractivity contribution >= 4 is 5.97 Å². The van der Waals surface area contributed by atoms with Gasteiger partial charge in [-0.3, -0.25) is 0 Å². The van der Waals surface area contributed by atoms with Gasteiger partial charge in [-0.15, -0.1) is 0 Å². The molecule has 1 aliphatic rings. The molecule has 7 N–H and O–H groups in total. The van der Waals surface area contributed by atoms with Gasteiger partial charge >= 0.3 is 5.97 Å². The topological polar surface area (TPSA) is 153 Å². The van der Waals surface area contributed by atoms with Crippen molar-refractivity contribution in [1.29, 1.82) is 0 Å². The summed E-state index contributed by atoms with van der Waals surface area (Å²) in [5.74, 6) is -4.29. The lowest BCUT2D eigenvalue weighted by Gasteiger charge is -2.42. The molecule has 1 aliphatic heterocycles. The first-order valence-corrected chi connectivity index (χ1v) is 4.68. The number of hydrogen-bond donors (Lipinski definition) is 6. The molecule has 1 heterocycles. The highest BCUT2D eigenvalue weighted by atomic mass is 16.7. The summed E-state index contributed by atoms with van der Waals surface area (Å²) >= 11 is 0. The Labute approximate surface area is 90.9 Å². The highest BCUT2D eigenvalue weighted by molar-refractivity contribution is 5.75. The van der Waals surface area contributed by atoms with Crippen LogP contribution in [0.4, 0.5) is 0 Å². The Bertz CT molecular complexity index is 273. The molecule has 0 aromatic heterocycles. The van der Waals surface area contributed by atoms with Gasteiger partial charge in [0, 0.05) is 6.42 Å². The van der Waals surface area contributed by atoms with E-state index in [2.05, 4.69) is 0 Å². The van der Waals surface area contributed by atoms with Gasteiger partial charge in [0.1, 0.15) is 12.2 Å². The van der Waals surface area contributed by atoms with Crippen molar-refractivity contribution in [3.63, 3.8) is 0 Å². The van der Waals surface area contributed by atoms with E-state index in [9.17, 15) is 20.1 Å². The number of aliphatic carboxylic acids is 1. The second-order valence-corrected chi connectivity index (χ2v) is 3.77. The number of aliphatic hydroxyl groups is 4. The van der Waals surface area contributed by atoms with Gasteiger partial charge in [-0.2, -0.15) is 0 Å². The van der Waals surface area contributed by atoms with Crippen LogP contribution in [0.15, 0.2) is 0 Å². The van der Waals surface area contributed by atoms with Crippen LogP contribution in [0.5, 0.6) is 0 Å². The molecular weight excluding hydrogens is 222 g/mol. The number of nitrogens with two attached hydrogens (primary N) is 1. The quantitative estimate of drug-likeness (QED) is 0.297. The molecule has 0 spiro atoms. The molecule has 0 aromatic rings. The Hall–Kier alpha value is -0.770.